The first-order valence-electron chi connectivity index (χ1n) is 11.7. The van der Waals surface area contributed by atoms with Gasteiger partial charge in [0.2, 0.25) is 7.29 Å². The first-order valence-corrected chi connectivity index (χ1v) is 13.4. The van der Waals surface area contributed by atoms with Crippen LogP contribution in [-0.4, -0.2) is 22.7 Å². The van der Waals surface area contributed by atoms with E-state index in [4.69, 9.17) is 14.7 Å². The molecular formula is C29H22N3O3P. The molecule has 0 aliphatic heterocycles. The van der Waals surface area contributed by atoms with Crippen LogP contribution >= 0.6 is 7.29 Å². The Morgan fingerprint density at radius 1 is 0.722 bits per heavy atom. The second-order valence-corrected chi connectivity index (χ2v) is 10.9. The maximum atomic E-state index is 15.1. The van der Waals surface area contributed by atoms with Gasteiger partial charge in [-0.15, -0.1) is 0 Å². The van der Waals surface area contributed by atoms with Crippen molar-refractivity contribution < 1.29 is 14.1 Å². The zero-order valence-corrected chi connectivity index (χ0v) is 20.4. The van der Waals surface area contributed by atoms with Crippen molar-refractivity contribution in [3.8, 4) is 0 Å². The van der Waals surface area contributed by atoms with Crippen molar-refractivity contribution in [1.29, 1.82) is 0 Å². The lowest BCUT2D eigenvalue weighted by molar-refractivity contribution is 0.158. The summed E-state index contributed by atoms with van der Waals surface area (Å²) in [4.78, 5) is 22.3. The molecule has 0 saturated heterocycles. The highest BCUT2D eigenvalue weighted by Gasteiger charge is 2.34. The number of hydrogen-bond donors (Lipinski definition) is 1. The quantitative estimate of drug-likeness (QED) is 0.239. The molecule has 176 valence electrons. The summed E-state index contributed by atoms with van der Waals surface area (Å²) in [6, 6.07) is 30.5. The Morgan fingerprint density at radius 3 is 1.69 bits per heavy atom. The number of carbonyl (C=O) groups is 1. The van der Waals surface area contributed by atoms with Crippen LogP contribution in [0.15, 0.2) is 97.1 Å². The summed E-state index contributed by atoms with van der Waals surface area (Å²) in [5, 5.41) is 7.00. The van der Waals surface area contributed by atoms with Crippen LogP contribution in [0.3, 0.4) is 0 Å². The zero-order chi connectivity index (χ0) is 24.7. The summed E-state index contributed by atoms with van der Waals surface area (Å²) in [7, 11) is -3.76. The highest BCUT2D eigenvalue weighted by molar-refractivity contribution is 7.78. The number of pyridine rings is 2. The van der Waals surface area contributed by atoms with Gasteiger partial charge in [0.25, 0.3) is 0 Å². The van der Waals surface area contributed by atoms with Crippen molar-refractivity contribution in [2.45, 2.75) is 6.92 Å². The van der Waals surface area contributed by atoms with Gasteiger partial charge < -0.3 is 4.74 Å². The molecule has 0 spiro atoms. The lowest BCUT2D eigenvalue weighted by Gasteiger charge is -2.23. The maximum Gasteiger partial charge on any atom is 0.413 e. The maximum absolute atomic E-state index is 15.1. The molecule has 2 heterocycles. The second-order valence-electron chi connectivity index (χ2n) is 8.49. The van der Waals surface area contributed by atoms with Gasteiger partial charge >= 0.3 is 6.09 Å². The van der Waals surface area contributed by atoms with Crippen molar-refractivity contribution in [2.75, 3.05) is 6.61 Å². The number of carbonyl (C=O) groups excluding carboxylic acids is 1. The molecule has 6 nitrogen and oxygen atoms in total. The third-order valence-electron chi connectivity index (χ3n) is 6.28. The molecular weight excluding hydrogens is 469 g/mol. The van der Waals surface area contributed by atoms with Gasteiger partial charge in [-0.2, -0.15) is 0 Å². The molecule has 0 saturated carbocycles. The predicted octanol–water partition coefficient (Wildman–Crippen LogP) is 6.06. The van der Waals surface area contributed by atoms with Gasteiger partial charge in [-0.1, -0.05) is 48.5 Å². The molecule has 6 aromatic rings. The second kappa shape index (κ2) is 8.74. The minimum absolute atomic E-state index is 0.162. The van der Waals surface area contributed by atoms with E-state index in [2.05, 4.69) is 5.09 Å². The summed E-state index contributed by atoms with van der Waals surface area (Å²) in [5.74, 6) is 0. The highest BCUT2D eigenvalue weighted by Crippen LogP contribution is 2.43. The lowest BCUT2D eigenvalue weighted by Crippen LogP contribution is -2.33. The van der Waals surface area contributed by atoms with Gasteiger partial charge in [0.15, 0.2) is 0 Å². The van der Waals surface area contributed by atoms with Crippen molar-refractivity contribution >= 4 is 67.6 Å². The molecule has 36 heavy (non-hydrogen) atoms. The molecule has 7 heteroatoms. The van der Waals surface area contributed by atoms with E-state index in [-0.39, 0.29) is 6.61 Å². The standard InChI is InChI=1S/C29H22N3O3P/c1-2-35-29(33)32-36(34,27-15-7-13-25-21(27)17-19-9-3-5-11-23(19)30-25)28-16-8-14-26-22(28)18-20-10-4-6-12-24(20)31-26/h3-18H,2H2,1H3,(H,32,33,34). The first-order chi connectivity index (χ1) is 17.6. The Labute approximate surface area is 207 Å². The van der Waals surface area contributed by atoms with Gasteiger partial charge in [0, 0.05) is 32.2 Å². The average molecular weight is 491 g/mol. The number of nitrogens with zero attached hydrogens (tertiary/aromatic N) is 2. The van der Waals surface area contributed by atoms with E-state index in [1.807, 2.05) is 84.9 Å². The minimum atomic E-state index is -3.76. The molecule has 0 bridgehead atoms. The van der Waals surface area contributed by atoms with Crippen molar-refractivity contribution in [3.63, 3.8) is 0 Å². The van der Waals surface area contributed by atoms with Gasteiger partial charge in [-0.3, -0.25) is 9.65 Å². The van der Waals surface area contributed by atoms with E-state index in [0.29, 0.717) is 32.4 Å². The van der Waals surface area contributed by atoms with E-state index in [1.165, 1.54) is 0 Å². The molecule has 0 unspecified atom stereocenters. The third-order valence-corrected chi connectivity index (χ3v) is 8.91. The summed E-state index contributed by atoms with van der Waals surface area (Å²) >= 11 is 0. The third kappa shape index (κ3) is 3.67. The van der Waals surface area contributed by atoms with Crippen LogP contribution in [0.25, 0.3) is 43.6 Å². The first kappa shape index (κ1) is 22.2. The number of aromatic nitrogens is 2. The Morgan fingerprint density at radius 2 is 1.19 bits per heavy atom. The Balaban J connectivity index is 1.68. The topological polar surface area (TPSA) is 81.2 Å². The van der Waals surface area contributed by atoms with Crippen molar-refractivity contribution in [2.24, 2.45) is 0 Å². The molecule has 0 radical (unpaired) electrons. The van der Waals surface area contributed by atoms with Crippen molar-refractivity contribution in [1.82, 2.24) is 15.1 Å². The molecule has 6 rings (SSSR count). The van der Waals surface area contributed by atoms with Crippen LogP contribution in [-0.2, 0) is 9.30 Å². The highest BCUT2D eigenvalue weighted by atomic mass is 31.2. The van der Waals surface area contributed by atoms with Gasteiger partial charge in [-0.05, 0) is 55.5 Å². The fourth-order valence-electron chi connectivity index (χ4n) is 4.66. The number of fused-ring (bicyclic) bond motifs is 4. The molecule has 1 amide bonds. The smallest absolute Gasteiger partial charge is 0.413 e. The molecule has 0 fully saturated rings. The Bertz CT molecular complexity index is 1730. The summed E-state index contributed by atoms with van der Waals surface area (Å²) in [6.45, 7) is 1.88. The summed E-state index contributed by atoms with van der Waals surface area (Å²) in [5.41, 5.74) is 3.08. The molecule has 0 atom stereocenters. The normalized spacial score (nSPS) is 11.8. The predicted molar refractivity (Wildman–Crippen MR) is 146 cm³/mol. The van der Waals surface area contributed by atoms with E-state index in [9.17, 15) is 4.79 Å². The molecule has 0 aliphatic carbocycles. The number of hydrogen-bond acceptors (Lipinski definition) is 5. The van der Waals surface area contributed by atoms with Crippen LogP contribution in [0.2, 0.25) is 0 Å². The van der Waals surface area contributed by atoms with Crippen LogP contribution in [0.4, 0.5) is 4.79 Å². The average Bonchev–Trinajstić information content (AvgIpc) is 2.90. The SMILES string of the molecule is CCOC(=O)NP(=O)(c1cccc2nc3ccccc3cc12)c1cccc2nc3ccccc3cc12. The number of amides is 1. The molecule has 2 aromatic heterocycles. The van der Waals surface area contributed by atoms with Crippen molar-refractivity contribution in [3.05, 3.63) is 97.1 Å². The number of benzene rings is 4. The van der Waals surface area contributed by atoms with Gasteiger partial charge in [0.05, 0.1) is 28.7 Å². The van der Waals surface area contributed by atoms with E-state index in [0.717, 1.165) is 21.8 Å². The largest absolute Gasteiger partial charge is 0.450 e. The fourth-order valence-corrected chi connectivity index (χ4v) is 7.11. The van der Waals surface area contributed by atoms with Crippen LogP contribution in [0.5, 0.6) is 0 Å². The van der Waals surface area contributed by atoms with Crippen LogP contribution < -0.4 is 15.7 Å². The van der Waals surface area contributed by atoms with E-state index < -0.39 is 13.4 Å². The number of rotatable bonds is 4. The Hall–Kier alpha value is -4.28. The lowest BCUT2D eigenvalue weighted by atomic mass is 10.1. The van der Waals surface area contributed by atoms with E-state index >= 15 is 4.57 Å². The number of nitrogens with one attached hydrogen (secondary N) is 1. The van der Waals surface area contributed by atoms with E-state index in [1.54, 1.807) is 19.1 Å². The number of ether oxygens (including phenoxy) is 1. The molecule has 1 N–H and O–H groups in total. The molecule has 0 aliphatic rings. The fraction of sp³-hybridized carbons (Fsp3) is 0.0690. The van der Waals surface area contributed by atoms with Crippen LogP contribution in [0.1, 0.15) is 6.92 Å². The monoisotopic (exact) mass is 491 g/mol. The van der Waals surface area contributed by atoms with Gasteiger partial charge in [-0.25, -0.2) is 14.8 Å². The summed E-state index contributed by atoms with van der Waals surface area (Å²) in [6.07, 6.45) is -0.739. The van der Waals surface area contributed by atoms with Gasteiger partial charge in [0.1, 0.15) is 0 Å². The molecule has 4 aromatic carbocycles. The zero-order valence-electron chi connectivity index (χ0n) is 19.5. The Kier molecular flexibility index (Phi) is 5.39. The van der Waals surface area contributed by atoms with Crippen LogP contribution in [0, 0.1) is 0 Å². The minimum Gasteiger partial charge on any atom is -0.450 e. The number of para-hydroxylation sites is 2. The summed E-state index contributed by atoms with van der Waals surface area (Å²) < 4.78 is 20.3.